The Kier molecular flexibility index (Phi) is 7.65. The first-order valence-corrected chi connectivity index (χ1v) is 12.4. The van der Waals surface area contributed by atoms with Gasteiger partial charge in [0.15, 0.2) is 11.5 Å². The number of rotatable bonds is 7. The number of nitrogens with one attached hydrogen (secondary N) is 1. The summed E-state index contributed by atoms with van der Waals surface area (Å²) in [4.78, 5) is 3.18. The molecule has 0 bridgehead atoms. The van der Waals surface area contributed by atoms with E-state index in [2.05, 4.69) is 28.4 Å². The van der Waals surface area contributed by atoms with Gasteiger partial charge in [-0.2, -0.15) is 5.26 Å². The first-order chi connectivity index (χ1) is 15.2. The molecular weight excluding hydrogens is 410 g/mol. The topological polar surface area (TPSA) is 66.8 Å². The molecule has 7 heteroatoms. The molecule has 6 nitrogen and oxygen atoms in total. The van der Waals surface area contributed by atoms with Gasteiger partial charge in [0.2, 0.25) is 0 Å². The molecule has 2 atom stereocenters. The van der Waals surface area contributed by atoms with Crippen molar-refractivity contribution in [3.63, 3.8) is 0 Å². The van der Waals surface area contributed by atoms with Crippen LogP contribution in [0.15, 0.2) is 17.0 Å². The minimum atomic E-state index is 0.377. The molecule has 0 unspecified atom stereocenters. The quantitative estimate of drug-likeness (QED) is 0.639. The van der Waals surface area contributed by atoms with Gasteiger partial charge in [-0.25, -0.2) is 0 Å². The Morgan fingerprint density at radius 3 is 2.81 bits per heavy atom. The Morgan fingerprint density at radius 2 is 2.06 bits per heavy atom. The Bertz CT molecular complexity index is 845. The highest BCUT2D eigenvalue weighted by Gasteiger charge is 2.36. The van der Waals surface area contributed by atoms with E-state index in [4.69, 9.17) is 14.2 Å². The molecule has 3 aliphatic rings. The van der Waals surface area contributed by atoms with Crippen molar-refractivity contribution >= 4 is 17.5 Å². The minimum absolute atomic E-state index is 0.377. The summed E-state index contributed by atoms with van der Waals surface area (Å²) in [5.41, 5.74) is 3.36. The molecule has 2 aliphatic heterocycles. The maximum atomic E-state index is 10.0. The highest BCUT2D eigenvalue weighted by Crippen LogP contribution is 2.46. The number of thioether (sulfide) groups is 1. The molecule has 0 radical (unpaired) electrons. The first-order valence-electron chi connectivity index (χ1n) is 11.4. The number of methoxy groups -OCH3 is 1. The lowest BCUT2D eigenvalue weighted by atomic mass is 9.75. The number of ether oxygens (including phenoxy) is 3. The number of nitriles is 1. The van der Waals surface area contributed by atoms with E-state index in [1.807, 2.05) is 6.92 Å². The molecule has 1 aliphatic carbocycles. The van der Waals surface area contributed by atoms with Crippen LogP contribution < -0.4 is 14.8 Å². The van der Waals surface area contributed by atoms with Crippen molar-refractivity contribution in [2.45, 2.75) is 44.6 Å². The second kappa shape index (κ2) is 10.6. The third-order valence-electron chi connectivity index (χ3n) is 6.49. The predicted molar refractivity (Wildman–Crippen MR) is 125 cm³/mol. The fraction of sp³-hybridized carbons (Fsp3) is 0.625. The van der Waals surface area contributed by atoms with Gasteiger partial charge in [-0.05, 0) is 37.5 Å². The molecule has 1 aromatic carbocycles. The van der Waals surface area contributed by atoms with Crippen LogP contribution in [-0.4, -0.2) is 63.3 Å². The minimum Gasteiger partial charge on any atom is -0.493 e. The monoisotopic (exact) mass is 443 g/mol. The number of fused-ring (bicyclic) bond motifs is 3. The summed E-state index contributed by atoms with van der Waals surface area (Å²) in [6.07, 6.45) is 4.79. The van der Waals surface area contributed by atoms with Gasteiger partial charge < -0.3 is 19.5 Å². The van der Waals surface area contributed by atoms with Crippen LogP contribution in [0.1, 0.15) is 49.7 Å². The van der Waals surface area contributed by atoms with Crippen LogP contribution in [0.4, 0.5) is 0 Å². The largest absolute Gasteiger partial charge is 0.493 e. The average molecular weight is 444 g/mol. The SMILES string of the molecule is CCOc1cc2c(cc1OC)C(=C(C#N)SCCN1CCOCC1)N[C@@H]1CCCC[C@H]21. The molecule has 4 rings (SSSR count). The fourth-order valence-corrected chi connectivity index (χ4v) is 5.85. The van der Waals surface area contributed by atoms with Crippen LogP contribution in [-0.2, 0) is 4.74 Å². The van der Waals surface area contributed by atoms with Crippen LogP contribution in [0.3, 0.4) is 0 Å². The molecular formula is C24H33N3O3S. The summed E-state index contributed by atoms with van der Waals surface area (Å²) in [6.45, 7) is 7.12. The van der Waals surface area contributed by atoms with Gasteiger partial charge in [0.25, 0.3) is 0 Å². The molecule has 1 saturated heterocycles. The summed E-state index contributed by atoms with van der Waals surface area (Å²) in [7, 11) is 1.68. The summed E-state index contributed by atoms with van der Waals surface area (Å²) < 4.78 is 17.0. The van der Waals surface area contributed by atoms with E-state index in [1.54, 1.807) is 18.9 Å². The van der Waals surface area contributed by atoms with E-state index in [9.17, 15) is 5.26 Å². The third kappa shape index (κ3) is 4.97. The van der Waals surface area contributed by atoms with E-state index >= 15 is 0 Å². The van der Waals surface area contributed by atoms with Gasteiger partial charge in [0.1, 0.15) is 11.0 Å². The van der Waals surface area contributed by atoms with Gasteiger partial charge in [-0.1, -0.05) is 12.8 Å². The van der Waals surface area contributed by atoms with Gasteiger partial charge in [0.05, 0.1) is 32.6 Å². The lowest BCUT2D eigenvalue weighted by molar-refractivity contribution is 0.0410. The average Bonchev–Trinajstić information content (AvgIpc) is 2.82. The zero-order valence-electron chi connectivity index (χ0n) is 18.6. The molecule has 1 N–H and O–H groups in total. The van der Waals surface area contributed by atoms with Crippen molar-refractivity contribution in [2.24, 2.45) is 0 Å². The summed E-state index contributed by atoms with van der Waals surface area (Å²) >= 11 is 1.65. The van der Waals surface area contributed by atoms with Gasteiger partial charge in [-0.15, -0.1) is 11.8 Å². The van der Waals surface area contributed by atoms with Crippen molar-refractivity contribution in [2.75, 3.05) is 52.3 Å². The molecule has 168 valence electrons. The van der Waals surface area contributed by atoms with Gasteiger partial charge >= 0.3 is 0 Å². The van der Waals surface area contributed by atoms with Crippen LogP contribution in [0.5, 0.6) is 11.5 Å². The maximum absolute atomic E-state index is 10.0. The second-order valence-electron chi connectivity index (χ2n) is 8.28. The van der Waals surface area contributed by atoms with E-state index in [0.29, 0.717) is 18.6 Å². The molecule has 1 aromatic rings. The second-order valence-corrected chi connectivity index (χ2v) is 9.39. The highest BCUT2D eigenvalue weighted by molar-refractivity contribution is 8.03. The standard InChI is InChI=1S/C24H33N3O3S/c1-3-30-22-14-18-17-6-4-5-7-20(17)26-24(19(18)15-21(22)28-2)23(16-25)31-13-10-27-8-11-29-12-9-27/h14-15,17,20,26H,3-13H2,1-2H3/t17-,20-/m1/s1. The van der Waals surface area contributed by atoms with E-state index in [-0.39, 0.29) is 0 Å². The smallest absolute Gasteiger partial charge is 0.161 e. The van der Waals surface area contributed by atoms with Crippen LogP contribution >= 0.6 is 11.8 Å². The van der Waals surface area contributed by atoms with Crippen molar-refractivity contribution in [1.82, 2.24) is 10.2 Å². The number of nitrogens with zero attached hydrogens (tertiary/aromatic N) is 2. The number of hydrogen-bond donors (Lipinski definition) is 1. The lowest BCUT2D eigenvalue weighted by Gasteiger charge is -2.40. The summed E-state index contributed by atoms with van der Waals surface area (Å²) in [5.74, 6) is 2.87. The maximum Gasteiger partial charge on any atom is 0.161 e. The molecule has 0 aromatic heterocycles. The number of allylic oxidation sites excluding steroid dienone is 1. The first kappa shape index (κ1) is 22.3. The van der Waals surface area contributed by atoms with Gasteiger partial charge in [-0.3, -0.25) is 4.90 Å². The number of morpholine rings is 1. The van der Waals surface area contributed by atoms with Crippen molar-refractivity contribution in [3.05, 3.63) is 28.2 Å². The van der Waals surface area contributed by atoms with Crippen molar-refractivity contribution in [1.29, 1.82) is 5.26 Å². The highest BCUT2D eigenvalue weighted by atomic mass is 32.2. The zero-order valence-corrected chi connectivity index (χ0v) is 19.4. The van der Waals surface area contributed by atoms with Crippen molar-refractivity contribution in [3.8, 4) is 17.6 Å². The Hall–Kier alpha value is -1.88. The van der Waals surface area contributed by atoms with Crippen LogP contribution in [0.2, 0.25) is 0 Å². The normalized spacial score (nSPS) is 24.9. The third-order valence-corrected chi connectivity index (χ3v) is 7.46. The van der Waals surface area contributed by atoms with Crippen LogP contribution in [0.25, 0.3) is 5.70 Å². The molecule has 0 amide bonds. The van der Waals surface area contributed by atoms with Gasteiger partial charge in [0, 0.05) is 42.9 Å². The number of benzene rings is 1. The Morgan fingerprint density at radius 1 is 1.26 bits per heavy atom. The summed E-state index contributed by atoms with van der Waals surface area (Å²) in [5, 5.41) is 13.8. The van der Waals surface area contributed by atoms with Crippen LogP contribution in [0, 0.1) is 11.3 Å². The van der Waals surface area contributed by atoms with E-state index in [1.165, 1.54) is 24.8 Å². The Balaban J connectivity index is 1.65. The molecule has 1 saturated carbocycles. The fourth-order valence-electron chi connectivity index (χ4n) is 4.92. The van der Waals surface area contributed by atoms with E-state index in [0.717, 1.165) is 72.7 Å². The molecule has 2 fully saturated rings. The molecule has 2 heterocycles. The lowest BCUT2D eigenvalue weighted by Crippen LogP contribution is -2.41. The number of hydrogen-bond acceptors (Lipinski definition) is 7. The molecule has 31 heavy (non-hydrogen) atoms. The Labute approximate surface area is 189 Å². The predicted octanol–water partition coefficient (Wildman–Crippen LogP) is 3.98. The summed E-state index contributed by atoms with van der Waals surface area (Å²) in [6, 6.07) is 7.09. The van der Waals surface area contributed by atoms with Crippen molar-refractivity contribution < 1.29 is 14.2 Å². The zero-order chi connectivity index (χ0) is 21.6. The molecule has 0 spiro atoms. The van der Waals surface area contributed by atoms with E-state index < -0.39 is 0 Å².